The van der Waals surface area contributed by atoms with E-state index >= 15 is 0 Å². The minimum absolute atomic E-state index is 0.316. The molecule has 1 amide bonds. The van der Waals surface area contributed by atoms with Crippen molar-refractivity contribution in [2.75, 3.05) is 12.8 Å². The molecule has 0 aliphatic rings. The van der Waals surface area contributed by atoms with Gasteiger partial charge in [-0.3, -0.25) is 4.79 Å². The zero-order chi connectivity index (χ0) is 9.78. The molecule has 0 spiro atoms. The van der Waals surface area contributed by atoms with Crippen LogP contribution in [0, 0.1) is 0 Å². The van der Waals surface area contributed by atoms with E-state index in [-0.39, 0.29) is 5.91 Å². The summed E-state index contributed by atoms with van der Waals surface area (Å²) in [4.78, 5) is 11.1. The van der Waals surface area contributed by atoms with Crippen molar-refractivity contribution in [3.05, 3.63) is 0 Å². The van der Waals surface area contributed by atoms with Crippen molar-refractivity contribution in [1.82, 2.24) is 5.32 Å². The predicted molar refractivity (Wildman–Crippen MR) is 52.3 cm³/mol. The largest absolute Gasteiger partial charge is 0.381 e. The molecule has 72 valence electrons. The fourth-order valence-corrected chi connectivity index (χ4v) is 0.786. The molecule has 0 aromatic rings. The first-order valence-electron chi connectivity index (χ1n) is 3.91. The standard InChI is InChI=1S/C8H17NO2S/c1-6(12-4)5-9-7(10)8(2,3)11/h6,11H,5H2,1-4H3,(H,9,10). The molecule has 0 saturated carbocycles. The van der Waals surface area contributed by atoms with Crippen molar-refractivity contribution in [2.45, 2.75) is 31.6 Å². The molecule has 0 aliphatic carbocycles. The van der Waals surface area contributed by atoms with Gasteiger partial charge in [-0.2, -0.15) is 11.8 Å². The van der Waals surface area contributed by atoms with Crippen molar-refractivity contribution in [3.63, 3.8) is 0 Å². The number of hydrogen-bond acceptors (Lipinski definition) is 3. The molecule has 0 aromatic carbocycles. The van der Waals surface area contributed by atoms with Crippen LogP contribution in [0.5, 0.6) is 0 Å². The Bertz CT molecular complexity index is 154. The average Bonchev–Trinajstić information content (AvgIpc) is 1.97. The van der Waals surface area contributed by atoms with E-state index in [1.165, 1.54) is 13.8 Å². The Morgan fingerprint density at radius 2 is 2.17 bits per heavy atom. The summed E-state index contributed by atoms with van der Waals surface area (Å²) in [6.07, 6.45) is 1.99. The van der Waals surface area contributed by atoms with E-state index in [4.69, 9.17) is 0 Å². The molecule has 0 fully saturated rings. The first kappa shape index (κ1) is 11.8. The highest BCUT2D eigenvalue weighted by atomic mass is 32.2. The zero-order valence-electron chi connectivity index (χ0n) is 8.05. The third-order valence-electron chi connectivity index (χ3n) is 1.51. The highest BCUT2D eigenvalue weighted by Gasteiger charge is 2.23. The van der Waals surface area contributed by atoms with E-state index in [9.17, 15) is 9.90 Å². The number of amides is 1. The Hall–Kier alpha value is -0.220. The fraction of sp³-hybridized carbons (Fsp3) is 0.875. The lowest BCUT2D eigenvalue weighted by atomic mass is 10.1. The molecule has 0 rings (SSSR count). The molecule has 4 heteroatoms. The van der Waals surface area contributed by atoms with Gasteiger partial charge in [-0.25, -0.2) is 0 Å². The van der Waals surface area contributed by atoms with Gasteiger partial charge in [0.1, 0.15) is 5.60 Å². The number of thioether (sulfide) groups is 1. The van der Waals surface area contributed by atoms with Crippen LogP contribution in [0.25, 0.3) is 0 Å². The van der Waals surface area contributed by atoms with E-state index in [1.54, 1.807) is 11.8 Å². The SMILES string of the molecule is CSC(C)CNC(=O)C(C)(C)O. The number of rotatable bonds is 4. The summed E-state index contributed by atoms with van der Waals surface area (Å²) >= 11 is 1.68. The number of aliphatic hydroxyl groups is 1. The van der Waals surface area contributed by atoms with E-state index in [0.29, 0.717) is 11.8 Å². The van der Waals surface area contributed by atoms with Crippen LogP contribution in [0.1, 0.15) is 20.8 Å². The number of nitrogens with one attached hydrogen (secondary N) is 1. The van der Waals surface area contributed by atoms with Crippen LogP contribution in [0.4, 0.5) is 0 Å². The minimum Gasteiger partial charge on any atom is -0.381 e. The first-order valence-corrected chi connectivity index (χ1v) is 5.20. The number of carbonyl (C=O) groups is 1. The molecule has 1 unspecified atom stereocenters. The molecule has 0 bridgehead atoms. The first-order chi connectivity index (χ1) is 5.38. The molecule has 1 atom stereocenters. The summed E-state index contributed by atoms with van der Waals surface area (Å²) in [6.45, 7) is 5.58. The van der Waals surface area contributed by atoms with Gasteiger partial charge in [0.05, 0.1) is 0 Å². The van der Waals surface area contributed by atoms with Crippen LogP contribution in [0.15, 0.2) is 0 Å². The average molecular weight is 191 g/mol. The Balaban J connectivity index is 3.73. The maximum atomic E-state index is 11.1. The summed E-state index contributed by atoms with van der Waals surface area (Å²) in [5.41, 5.74) is -1.27. The second kappa shape index (κ2) is 4.72. The zero-order valence-corrected chi connectivity index (χ0v) is 8.86. The highest BCUT2D eigenvalue weighted by molar-refractivity contribution is 7.99. The van der Waals surface area contributed by atoms with Crippen LogP contribution in [-0.4, -0.2) is 34.7 Å². The van der Waals surface area contributed by atoms with Gasteiger partial charge in [0.2, 0.25) is 0 Å². The van der Waals surface area contributed by atoms with E-state index in [0.717, 1.165) is 0 Å². The summed E-state index contributed by atoms with van der Waals surface area (Å²) in [5, 5.41) is 12.3. The Morgan fingerprint density at radius 1 is 1.67 bits per heavy atom. The molecular formula is C8H17NO2S. The van der Waals surface area contributed by atoms with E-state index in [1.807, 2.05) is 13.2 Å². The quantitative estimate of drug-likeness (QED) is 0.685. The molecule has 0 heterocycles. The highest BCUT2D eigenvalue weighted by Crippen LogP contribution is 2.04. The molecular weight excluding hydrogens is 174 g/mol. The lowest BCUT2D eigenvalue weighted by Crippen LogP contribution is -2.43. The summed E-state index contributed by atoms with van der Waals surface area (Å²) in [6, 6.07) is 0. The van der Waals surface area contributed by atoms with Gasteiger partial charge in [0.15, 0.2) is 0 Å². The van der Waals surface area contributed by atoms with Gasteiger partial charge in [0.25, 0.3) is 5.91 Å². The predicted octanol–water partition coefficient (Wildman–Crippen LogP) is 0.625. The van der Waals surface area contributed by atoms with E-state index < -0.39 is 5.60 Å². The Morgan fingerprint density at radius 3 is 2.50 bits per heavy atom. The van der Waals surface area contributed by atoms with Gasteiger partial charge in [-0.1, -0.05) is 6.92 Å². The van der Waals surface area contributed by atoms with Crippen molar-refractivity contribution in [2.24, 2.45) is 0 Å². The van der Waals surface area contributed by atoms with Gasteiger partial charge >= 0.3 is 0 Å². The minimum atomic E-state index is -1.27. The van der Waals surface area contributed by atoms with Crippen LogP contribution in [-0.2, 0) is 4.79 Å². The normalized spacial score (nSPS) is 14.1. The van der Waals surface area contributed by atoms with Crippen molar-refractivity contribution in [3.8, 4) is 0 Å². The molecule has 2 N–H and O–H groups in total. The Kier molecular flexibility index (Phi) is 4.63. The summed E-state index contributed by atoms with van der Waals surface area (Å²) < 4.78 is 0. The van der Waals surface area contributed by atoms with Gasteiger partial charge in [0, 0.05) is 11.8 Å². The smallest absolute Gasteiger partial charge is 0.251 e. The topological polar surface area (TPSA) is 49.3 Å². The second-order valence-electron chi connectivity index (χ2n) is 3.32. The van der Waals surface area contributed by atoms with Crippen LogP contribution < -0.4 is 5.32 Å². The molecule has 0 radical (unpaired) electrons. The van der Waals surface area contributed by atoms with Crippen molar-refractivity contribution >= 4 is 17.7 Å². The molecule has 3 nitrogen and oxygen atoms in total. The maximum Gasteiger partial charge on any atom is 0.251 e. The van der Waals surface area contributed by atoms with Gasteiger partial charge < -0.3 is 10.4 Å². The Labute approximate surface area is 77.9 Å². The van der Waals surface area contributed by atoms with Crippen LogP contribution >= 0.6 is 11.8 Å². The van der Waals surface area contributed by atoms with E-state index in [2.05, 4.69) is 5.32 Å². The summed E-state index contributed by atoms with van der Waals surface area (Å²) in [5.74, 6) is -0.316. The fourth-order valence-electron chi connectivity index (χ4n) is 0.536. The molecule has 0 saturated heterocycles. The third-order valence-corrected chi connectivity index (χ3v) is 2.48. The van der Waals surface area contributed by atoms with Crippen molar-refractivity contribution in [1.29, 1.82) is 0 Å². The molecule has 0 aliphatic heterocycles. The van der Waals surface area contributed by atoms with Gasteiger partial charge in [-0.05, 0) is 20.1 Å². The lowest BCUT2D eigenvalue weighted by Gasteiger charge is -2.18. The van der Waals surface area contributed by atoms with Crippen LogP contribution in [0.3, 0.4) is 0 Å². The van der Waals surface area contributed by atoms with Gasteiger partial charge in [-0.15, -0.1) is 0 Å². The second-order valence-corrected chi connectivity index (χ2v) is 4.59. The third kappa shape index (κ3) is 4.62. The number of hydrogen-bond donors (Lipinski definition) is 2. The molecule has 0 aromatic heterocycles. The molecule has 12 heavy (non-hydrogen) atoms. The lowest BCUT2D eigenvalue weighted by molar-refractivity contribution is -0.136. The van der Waals surface area contributed by atoms with Crippen molar-refractivity contribution < 1.29 is 9.90 Å². The summed E-state index contributed by atoms with van der Waals surface area (Å²) in [7, 11) is 0. The van der Waals surface area contributed by atoms with Crippen LogP contribution in [0.2, 0.25) is 0 Å². The maximum absolute atomic E-state index is 11.1. The monoisotopic (exact) mass is 191 g/mol. The number of carbonyl (C=O) groups excluding carboxylic acids is 1.